The fourth-order valence-corrected chi connectivity index (χ4v) is 3.33. The molecule has 3 rings (SSSR count). The number of carbonyl (C=O) groups is 1. The lowest BCUT2D eigenvalue weighted by molar-refractivity contribution is 0.0900. The van der Waals surface area contributed by atoms with Crippen LogP contribution in [0.3, 0.4) is 0 Å². The van der Waals surface area contributed by atoms with Gasteiger partial charge in [0, 0.05) is 18.0 Å². The molecule has 0 aromatic carbocycles. The summed E-state index contributed by atoms with van der Waals surface area (Å²) in [6.45, 7) is 2.22. The van der Waals surface area contributed by atoms with Crippen molar-refractivity contribution in [1.29, 1.82) is 0 Å². The summed E-state index contributed by atoms with van der Waals surface area (Å²) in [4.78, 5) is 12.4. The molecule has 0 bridgehead atoms. The molecule has 0 radical (unpaired) electrons. The predicted octanol–water partition coefficient (Wildman–Crippen LogP) is 2.86. The van der Waals surface area contributed by atoms with E-state index in [0.29, 0.717) is 17.7 Å². The van der Waals surface area contributed by atoms with Gasteiger partial charge < -0.3 is 9.84 Å². The van der Waals surface area contributed by atoms with Gasteiger partial charge in [0.05, 0.1) is 0 Å². The average Bonchev–Trinajstić information content (AvgIpc) is 2.85. The minimum Gasteiger partial charge on any atom is -0.360 e. The first kappa shape index (κ1) is 12.7. The van der Waals surface area contributed by atoms with Gasteiger partial charge in [0.15, 0.2) is 5.69 Å². The van der Waals surface area contributed by atoms with Crippen molar-refractivity contribution in [2.24, 2.45) is 5.92 Å². The molecule has 0 aliphatic heterocycles. The SMILES string of the molecule is C[C@H]1CCCC[C@@H]1NC(=O)c1noc2c1CCCC2. The number of amides is 1. The summed E-state index contributed by atoms with van der Waals surface area (Å²) in [5, 5.41) is 7.16. The van der Waals surface area contributed by atoms with Gasteiger partial charge >= 0.3 is 0 Å². The van der Waals surface area contributed by atoms with Crippen molar-refractivity contribution in [2.45, 2.75) is 64.3 Å². The molecule has 1 fully saturated rings. The lowest BCUT2D eigenvalue weighted by Gasteiger charge is -2.29. The van der Waals surface area contributed by atoms with Crippen molar-refractivity contribution in [2.75, 3.05) is 0 Å². The molecule has 104 valence electrons. The molecule has 1 amide bonds. The van der Waals surface area contributed by atoms with Crippen LogP contribution in [0.5, 0.6) is 0 Å². The Morgan fingerprint density at radius 2 is 2.00 bits per heavy atom. The summed E-state index contributed by atoms with van der Waals surface area (Å²) < 4.78 is 5.31. The maximum Gasteiger partial charge on any atom is 0.273 e. The molecule has 1 aromatic heterocycles. The van der Waals surface area contributed by atoms with Crippen LogP contribution >= 0.6 is 0 Å². The zero-order valence-electron chi connectivity index (χ0n) is 11.6. The van der Waals surface area contributed by atoms with Gasteiger partial charge in [-0.25, -0.2) is 0 Å². The molecule has 2 aliphatic rings. The number of hydrogen-bond acceptors (Lipinski definition) is 3. The Hall–Kier alpha value is -1.32. The van der Waals surface area contributed by atoms with Crippen LogP contribution in [0.25, 0.3) is 0 Å². The maximum absolute atomic E-state index is 12.4. The van der Waals surface area contributed by atoms with E-state index in [0.717, 1.165) is 43.4 Å². The third kappa shape index (κ3) is 2.53. The molecule has 0 spiro atoms. The molecule has 2 atom stereocenters. The molecule has 4 heteroatoms. The highest BCUT2D eigenvalue weighted by Crippen LogP contribution is 2.26. The van der Waals surface area contributed by atoms with Crippen LogP contribution in [-0.2, 0) is 12.8 Å². The number of aryl methyl sites for hydroxylation is 1. The van der Waals surface area contributed by atoms with Crippen LogP contribution in [0.15, 0.2) is 4.52 Å². The quantitative estimate of drug-likeness (QED) is 0.891. The number of nitrogens with zero attached hydrogens (tertiary/aromatic N) is 1. The molecule has 0 saturated heterocycles. The van der Waals surface area contributed by atoms with Crippen molar-refractivity contribution < 1.29 is 9.32 Å². The van der Waals surface area contributed by atoms with Crippen LogP contribution in [-0.4, -0.2) is 17.1 Å². The molecular formula is C15H22N2O2. The summed E-state index contributed by atoms with van der Waals surface area (Å²) in [6, 6.07) is 0.303. The summed E-state index contributed by atoms with van der Waals surface area (Å²) >= 11 is 0. The van der Waals surface area contributed by atoms with Gasteiger partial charge in [-0.2, -0.15) is 0 Å². The Kier molecular flexibility index (Phi) is 3.58. The zero-order valence-corrected chi connectivity index (χ0v) is 11.6. The van der Waals surface area contributed by atoms with Crippen molar-refractivity contribution in [1.82, 2.24) is 10.5 Å². The largest absolute Gasteiger partial charge is 0.360 e. The van der Waals surface area contributed by atoms with E-state index in [1.165, 1.54) is 19.3 Å². The average molecular weight is 262 g/mol. The monoisotopic (exact) mass is 262 g/mol. The third-order valence-corrected chi connectivity index (χ3v) is 4.59. The molecular weight excluding hydrogens is 240 g/mol. The van der Waals surface area contributed by atoms with Crippen molar-refractivity contribution in [3.8, 4) is 0 Å². The predicted molar refractivity (Wildman–Crippen MR) is 72.0 cm³/mol. The normalized spacial score (nSPS) is 26.8. The van der Waals surface area contributed by atoms with E-state index in [-0.39, 0.29) is 5.91 Å². The lowest BCUT2D eigenvalue weighted by atomic mass is 9.86. The van der Waals surface area contributed by atoms with Crippen LogP contribution in [0, 0.1) is 5.92 Å². The van der Waals surface area contributed by atoms with Crippen LogP contribution in [0.1, 0.15) is 67.3 Å². The van der Waals surface area contributed by atoms with Crippen LogP contribution in [0.2, 0.25) is 0 Å². The van der Waals surface area contributed by atoms with E-state index in [1.54, 1.807) is 0 Å². The highest BCUT2D eigenvalue weighted by atomic mass is 16.5. The van der Waals surface area contributed by atoms with E-state index in [1.807, 2.05) is 0 Å². The van der Waals surface area contributed by atoms with Crippen molar-refractivity contribution >= 4 is 5.91 Å². The molecule has 1 aromatic rings. The molecule has 1 N–H and O–H groups in total. The Morgan fingerprint density at radius 1 is 1.21 bits per heavy atom. The van der Waals surface area contributed by atoms with Gasteiger partial charge in [0.2, 0.25) is 0 Å². The first-order chi connectivity index (χ1) is 9.25. The van der Waals surface area contributed by atoms with Gasteiger partial charge in [0.1, 0.15) is 5.76 Å². The van der Waals surface area contributed by atoms with E-state index in [4.69, 9.17) is 4.52 Å². The topological polar surface area (TPSA) is 55.1 Å². The maximum atomic E-state index is 12.4. The third-order valence-electron chi connectivity index (χ3n) is 4.59. The fourth-order valence-electron chi connectivity index (χ4n) is 3.33. The van der Waals surface area contributed by atoms with Crippen molar-refractivity contribution in [3.63, 3.8) is 0 Å². The van der Waals surface area contributed by atoms with E-state index >= 15 is 0 Å². The van der Waals surface area contributed by atoms with Crippen LogP contribution < -0.4 is 5.32 Å². The Morgan fingerprint density at radius 3 is 2.84 bits per heavy atom. The minimum atomic E-state index is -0.0364. The first-order valence-corrected chi connectivity index (χ1v) is 7.54. The Labute approximate surface area is 113 Å². The highest BCUT2D eigenvalue weighted by molar-refractivity contribution is 5.94. The highest BCUT2D eigenvalue weighted by Gasteiger charge is 2.28. The lowest BCUT2D eigenvalue weighted by Crippen LogP contribution is -2.41. The zero-order chi connectivity index (χ0) is 13.2. The fraction of sp³-hybridized carbons (Fsp3) is 0.733. The van der Waals surface area contributed by atoms with E-state index < -0.39 is 0 Å². The number of aromatic nitrogens is 1. The smallest absolute Gasteiger partial charge is 0.273 e. The minimum absolute atomic E-state index is 0.0364. The summed E-state index contributed by atoms with van der Waals surface area (Å²) in [5.74, 6) is 1.46. The van der Waals surface area contributed by atoms with Gasteiger partial charge in [-0.3, -0.25) is 4.79 Å². The van der Waals surface area contributed by atoms with E-state index in [2.05, 4.69) is 17.4 Å². The van der Waals surface area contributed by atoms with Crippen molar-refractivity contribution in [3.05, 3.63) is 17.0 Å². The summed E-state index contributed by atoms with van der Waals surface area (Å²) in [7, 11) is 0. The van der Waals surface area contributed by atoms with Gasteiger partial charge in [-0.05, 0) is 38.0 Å². The molecule has 1 saturated carbocycles. The second-order valence-electron chi connectivity index (χ2n) is 5.98. The number of hydrogen-bond donors (Lipinski definition) is 1. The second-order valence-corrected chi connectivity index (χ2v) is 5.98. The summed E-state index contributed by atoms with van der Waals surface area (Å²) in [6.07, 6.45) is 8.93. The first-order valence-electron chi connectivity index (χ1n) is 7.54. The standard InChI is InChI=1S/C15H22N2O2/c1-10-6-2-4-8-12(10)16-15(18)14-11-7-3-5-9-13(11)19-17-14/h10,12H,2-9H2,1H3,(H,16,18)/t10-,12-/m0/s1. The Bertz CT molecular complexity index is 467. The molecule has 2 aliphatic carbocycles. The van der Waals surface area contributed by atoms with Crippen LogP contribution in [0.4, 0.5) is 0 Å². The molecule has 1 heterocycles. The molecule has 19 heavy (non-hydrogen) atoms. The number of rotatable bonds is 2. The number of fused-ring (bicyclic) bond motifs is 1. The Balaban J connectivity index is 1.71. The number of carbonyl (C=O) groups excluding carboxylic acids is 1. The van der Waals surface area contributed by atoms with Gasteiger partial charge in [0.25, 0.3) is 5.91 Å². The number of nitrogens with one attached hydrogen (secondary N) is 1. The van der Waals surface area contributed by atoms with Gasteiger partial charge in [-0.15, -0.1) is 0 Å². The second kappa shape index (κ2) is 5.35. The van der Waals surface area contributed by atoms with E-state index in [9.17, 15) is 4.79 Å². The summed E-state index contributed by atoms with van der Waals surface area (Å²) in [5.41, 5.74) is 1.58. The van der Waals surface area contributed by atoms with Gasteiger partial charge in [-0.1, -0.05) is 24.9 Å². The molecule has 4 nitrogen and oxygen atoms in total. The molecule has 0 unspecified atom stereocenters.